The van der Waals surface area contributed by atoms with Gasteiger partial charge in [0.1, 0.15) is 0 Å². The first-order chi connectivity index (χ1) is 8.66. The van der Waals surface area contributed by atoms with Crippen molar-refractivity contribution in [1.29, 1.82) is 0 Å². The fraction of sp³-hybridized carbons (Fsp3) is 0.231. The van der Waals surface area contributed by atoms with Crippen molar-refractivity contribution in [3.05, 3.63) is 56.6 Å². The molecule has 0 saturated carbocycles. The summed E-state index contributed by atoms with van der Waals surface area (Å²) in [4.78, 5) is 23.2. The molecule has 0 aliphatic carbocycles. The lowest BCUT2D eigenvalue weighted by atomic mass is 10.2. The highest BCUT2D eigenvalue weighted by atomic mass is 32.1. The number of hydrogen-bond acceptors (Lipinski definition) is 3. The zero-order valence-electron chi connectivity index (χ0n) is 10.1. The first-order valence-electron chi connectivity index (χ1n) is 5.63. The number of carbonyl (C=O) groups is 1. The van der Waals surface area contributed by atoms with E-state index in [4.69, 9.17) is 0 Å². The molecule has 0 fully saturated rings. The van der Waals surface area contributed by atoms with E-state index in [0.717, 1.165) is 6.42 Å². The second-order valence-electron chi connectivity index (χ2n) is 4.00. The van der Waals surface area contributed by atoms with Gasteiger partial charge in [0, 0.05) is 31.4 Å². The van der Waals surface area contributed by atoms with Gasteiger partial charge < -0.3 is 9.88 Å². The van der Waals surface area contributed by atoms with Crippen molar-refractivity contribution < 1.29 is 4.79 Å². The molecule has 0 spiro atoms. The molecule has 0 saturated heterocycles. The van der Waals surface area contributed by atoms with Gasteiger partial charge in [-0.2, -0.15) is 11.3 Å². The fourth-order valence-electron chi connectivity index (χ4n) is 1.55. The Hall–Kier alpha value is -1.88. The molecule has 2 heterocycles. The van der Waals surface area contributed by atoms with Gasteiger partial charge in [-0.05, 0) is 34.9 Å². The van der Waals surface area contributed by atoms with Crippen molar-refractivity contribution in [3.63, 3.8) is 0 Å². The molecule has 1 N–H and O–H groups in total. The molecule has 0 radical (unpaired) electrons. The van der Waals surface area contributed by atoms with E-state index in [1.54, 1.807) is 30.6 Å². The number of thiophene rings is 1. The van der Waals surface area contributed by atoms with Crippen LogP contribution < -0.4 is 10.9 Å². The zero-order valence-corrected chi connectivity index (χ0v) is 10.9. The van der Waals surface area contributed by atoms with Crippen LogP contribution in [-0.2, 0) is 13.5 Å². The summed E-state index contributed by atoms with van der Waals surface area (Å²) in [6.07, 6.45) is 2.40. The highest BCUT2D eigenvalue weighted by molar-refractivity contribution is 7.07. The largest absolute Gasteiger partial charge is 0.352 e. The van der Waals surface area contributed by atoms with Gasteiger partial charge in [-0.25, -0.2) is 0 Å². The molecule has 0 aromatic carbocycles. The summed E-state index contributed by atoms with van der Waals surface area (Å²) in [5.41, 5.74) is 1.44. The quantitative estimate of drug-likeness (QED) is 0.906. The molecule has 0 bridgehead atoms. The van der Waals surface area contributed by atoms with Crippen LogP contribution in [0.2, 0.25) is 0 Å². The fourth-order valence-corrected chi connectivity index (χ4v) is 2.25. The van der Waals surface area contributed by atoms with Gasteiger partial charge in [0.05, 0.1) is 0 Å². The molecule has 4 nitrogen and oxygen atoms in total. The van der Waals surface area contributed by atoms with E-state index in [1.165, 1.54) is 16.2 Å². The van der Waals surface area contributed by atoms with Crippen molar-refractivity contribution in [2.75, 3.05) is 6.54 Å². The zero-order chi connectivity index (χ0) is 13.0. The van der Waals surface area contributed by atoms with Crippen molar-refractivity contribution >= 4 is 17.2 Å². The average molecular weight is 262 g/mol. The Morgan fingerprint density at radius 3 is 2.94 bits per heavy atom. The maximum atomic E-state index is 11.8. The molecule has 18 heavy (non-hydrogen) atoms. The van der Waals surface area contributed by atoms with E-state index in [2.05, 4.69) is 10.7 Å². The second-order valence-corrected chi connectivity index (χ2v) is 4.78. The third-order valence-electron chi connectivity index (χ3n) is 2.65. The molecule has 0 unspecified atom stereocenters. The molecule has 94 valence electrons. The standard InChI is InChI=1S/C13H14N2O2S/c1-15-6-3-11(8-12(15)16)13(17)14-5-2-10-4-7-18-9-10/h3-4,6-9H,2,5H2,1H3,(H,14,17). The number of rotatable bonds is 4. The summed E-state index contributed by atoms with van der Waals surface area (Å²) in [6, 6.07) is 5.02. The lowest BCUT2D eigenvalue weighted by Crippen LogP contribution is -2.27. The van der Waals surface area contributed by atoms with Crippen LogP contribution in [0.3, 0.4) is 0 Å². The first-order valence-corrected chi connectivity index (χ1v) is 6.57. The van der Waals surface area contributed by atoms with Gasteiger partial charge in [-0.15, -0.1) is 0 Å². The number of nitrogens with one attached hydrogen (secondary N) is 1. The number of nitrogens with zero attached hydrogens (tertiary/aromatic N) is 1. The number of amides is 1. The predicted molar refractivity (Wildman–Crippen MR) is 72.0 cm³/mol. The maximum Gasteiger partial charge on any atom is 0.251 e. The van der Waals surface area contributed by atoms with Crippen LogP contribution in [0.4, 0.5) is 0 Å². The number of pyridine rings is 1. The normalized spacial score (nSPS) is 10.3. The number of aromatic nitrogens is 1. The monoisotopic (exact) mass is 262 g/mol. The van der Waals surface area contributed by atoms with Gasteiger partial charge in [0.25, 0.3) is 11.5 Å². The summed E-state index contributed by atoms with van der Waals surface area (Å²) < 4.78 is 1.43. The van der Waals surface area contributed by atoms with Crippen molar-refractivity contribution in [2.45, 2.75) is 6.42 Å². The van der Waals surface area contributed by atoms with Gasteiger partial charge in [-0.1, -0.05) is 0 Å². The van der Waals surface area contributed by atoms with Gasteiger partial charge >= 0.3 is 0 Å². The third kappa shape index (κ3) is 3.07. The lowest BCUT2D eigenvalue weighted by Gasteiger charge is -2.04. The van der Waals surface area contributed by atoms with E-state index in [-0.39, 0.29) is 11.5 Å². The summed E-state index contributed by atoms with van der Waals surface area (Å²) in [6.45, 7) is 0.574. The van der Waals surface area contributed by atoms with Crippen LogP contribution in [-0.4, -0.2) is 17.0 Å². The minimum Gasteiger partial charge on any atom is -0.352 e. The summed E-state index contributed by atoms with van der Waals surface area (Å²) >= 11 is 1.64. The van der Waals surface area contributed by atoms with Crippen molar-refractivity contribution in [1.82, 2.24) is 9.88 Å². The molecule has 2 aromatic rings. The van der Waals surface area contributed by atoms with Crippen LogP contribution in [0.5, 0.6) is 0 Å². The summed E-state index contributed by atoms with van der Waals surface area (Å²) in [7, 11) is 1.65. The second kappa shape index (κ2) is 5.64. The van der Waals surface area contributed by atoms with Gasteiger partial charge in [-0.3, -0.25) is 9.59 Å². The van der Waals surface area contributed by atoms with E-state index >= 15 is 0 Å². The Morgan fingerprint density at radius 2 is 2.28 bits per heavy atom. The highest BCUT2D eigenvalue weighted by Crippen LogP contribution is 2.05. The maximum absolute atomic E-state index is 11.8. The van der Waals surface area contributed by atoms with Crippen LogP contribution >= 0.6 is 11.3 Å². The number of carbonyl (C=O) groups excluding carboxylic acids is 1. The van der Waals surface area contributed by atoms with Crippen molar-refractivity contribution in [3.8, 4) is 0 Å². The third-order valence-corrected chi connectivity index (χ3v) is 3.38. The van der Waals surface area contributed by atoms with E-state index in [0.29, 0.717) is 12.1 Å². The first kappa shape index (κ1) is 12.6. The van der Waals surface area contributed by atoms with Crippen LogP contribution in [0.1, 0.15) is 15.9 Å². The Bertz CT molecular complexity index is 587. The van der Waals surface area contributed by atoms with Gasteiger partial charge in [0.15, 0.2) is 0 Å². The Morgan fingerprint density at radius 1 is 1.44 bits per heavy atom. The molecule has 0 atom stereocenters. The minimum absolute atomic E-state index is 0.180. The summed E-state index contributed by atoms with van der Waals surface area (Å²) in [5, 5.41) is 6.87. The molecule has 0 aliphatic heterocycles. The predicted octanol–water partition coefficient (Wildman–Crippen LogP) is 1.42. The molecular formula is C13H14N2O2S. The Balaban J connectivity index is 1.91. The van der Waals surface area contributed by atoms with Crippen LogP contribution in [0.15, 0.2) is 40.0 Å². The van der Waals surface area contributed by atoms with Crippen LogP contribution in [0.25, 0.3) is 0 Å². The topological polar surface area (TPSA) is 51.1 Å². The molecule has 2 rings (SSSR count). The lowest BCUT2D eigenvalue weighted by molar-refractivity contribution is 0.0954. The average Bonchev–Trinajstić information content (AvgIpc) is 2.85. The van der Waals surface area contributed by atoms with Crippen LogP contribution in [0, 0.1) is 0 Å². The van der Waals surface area contributed by atoms with Crippen molar-refractivity contribution in [2.24, 2.45) is 7.05 Å². The molecule has 1 amide bonds. The minimum atomic E-state index is -0.206. The number of hydrogen-bond donors (Lipinski definition) is 1. The smallest absolute Gasteiger partial charge is 0.251 e. The SMILES string of the molecule is Cn1ccc(C(=O)NCCc2ccsc2)cc1=O. The molecule has 2 aromatic heterocycles. The summed E-state index contributed by atoms with van der Waals surface area (Å²) in [5.74, 6) is -0.206. The Kier molecular flexibility index (Phi) is 3.94. The Labute approximate surface area is 109 Å². The van der Waals surface area contributed by atoms with E-state index < -0.39 is 0 Å². The number of aryl methyl sites for hydroxylation is 1. The van der Waals surface area contributed by atoms with E-state index in [9.17, 15) is 9.59 Å². The molecular weight excluding hydrogens is 248 g/mol. The highest BCUT2D eigenvalue weighted by Gasteiger charge is 2.05. The molecule has 5 heteroatoms. The van der Waals surface area contributed by atoms with Gasteiger partial charge in [0.2, 0.25) is 0 Å². The molecule has 0 aliphatic rings. The van der Waals surface area contributed by atoms with E-state index in [1.807, 2.05) is 11.4 Å².